The zero-order chi connectivity index (χ0) is 19.4. The van der Waals surface area contributed by atoms with Crippen molar-refractivity contribution in [2.24, 2.45) is 5.73 Å². The number of carbonyl (C=O) groups is 1. The molecule has 0 unspecified atom stereocenters. The zero-order valence-electron chi connectivity index (χ0n) is 16.3. The lowest BCUT2D eigenvalue weighted by Crippen LogP contribution is -2.38. The molecule has 0 saturated carbocycles. The highest BCUT2D eigenvalue weighted by Crippen LogP contribution is 2.29. The molecule has 2 aromatic carbocycles. The molecular formula is C22H30N2O2Si. The molecule has 0 aliphatic carbocycles. The van der Waals surface area contributed by atoms with Gasteiger partial charge in [0, 0.05) is 25.2 Å². The third kappa shape index (κ3) is 5.28. The van der Waals surface area contributed by atoms with Crippen LogP contribution in [0.25, 0.3) is 0 Å². The fourth-order valence-electron chi connectivity index (χ4n) is 3.89. The zero-order valence-corrected chi connectivity index (χ0v) is 17.3. The molecule has 1 amide bonds. The summed E-state index contributed by atoms with van der Waals surface area (Å²) in [4.78, 5) is 25.0. The van der Waals surface area contributed by atoms with Crippen molar-refractivity contribution in [3.8, 4) is 0 Å². The summed E-state index contributed by atoms with van der Waals surface area (Å²) in [5, 5.41) is 0. The first kappa shape index (κ1) is 19.8. The Morgan fingerprint density at radius 3 is 2.44 bits per heavy atom. The van der Waals surface area contributed by atoms with Crippen molar-refractivity contribution in [1.29, 1.82) is 0 Å². The quantitative estimate of drug-likeness (QED) is 0.779. The van der Waals surface area contributed by atoms with E-state index in [2.05, 4.69) is 24.3 Å². The van der Waals surface area contributed by atoms with Gasteiger partial charge >= 0.3 is 0 Å². The molecule has 1 aliphatic heterocycles. The summed E-state index contributed by atoms with van der Waals surface area (Å²) < 4.78 is 0. The Labute approximate surface area is 163 Å². The minimum Gasteiger partial charge on any atom is -0.432 e. The first-order chi connectivity index (χ1) is 12.9. The van der Waals surface area contributed by atoms with Gasteiger partial charge in [-0.25, -0.2) is 0 Å². The van der Waals surface area contributed by atoms with Gasteiger partial charge in [0.15, 0.2) is 8.32 Å². The van der Waals surface area contributed by atoms with Gasteiger partial charge in [-0.2, -0.15) is 0 Å². The van der Waals surface area contributed by atoms with E-state index in [1.54, 1.807) is 0 Å². The Morgan fingerprint density at radius 2 is 1.78 bits per heavy atom. The van der Waals surface area contributed by atoms with Crippen LogP contribution in [0.3, 0.4) is 0 Å². The van der Waals surface area contributed by atoms with E-state index in [0.717, 1.165) is 42.6 Å². The van der Waals surface area contributed by atoms with Crippen LogP contribution in [0.2, 0.25) is 13.1 Å². The van der Waals surface area contributed by atoms with Crippen molar-refractivity contribution in [2.75, 3.05) is 13.1 Å². The fraction of sp³-hybridized carbons (Fsp3) is 0.409. The Morgan fingerprint density at radius 1 is 1.11 bits per heavy atom. The van der Waals surface area contributed by atoms with E-state index in [4.69, 9.17) is 5.73 Å². The number of amides is 1. The highest BCUT2D eigenvalue weighted by Gasteiger charge is 2.25. The molecule has 3 rings (SSSR count). The summed E-state index contributed by atoms with van der Waals surface area (Å²) in [5.41, 5.74) is 10.0. The third-order valence-electron chi connectivity index (χ3n) is 5.25. The Balaban J connectivity index is 1.64. The van der Waals surface area contributed by atoms with Crippen LogP contribution < -0.4 is 5.73 Å². The molecule has 1 saturated heterocycles. The molecule has 1 heterocycles. The van der Waals surface area contributed by atoms with Gasteiger partial charge in [0.2, 0.25) is 0 Å². The summed E-state index contributed by atoms with van der Waals surface area (Å²) in [6.07, 6.45) is 1.96. The first-order valence-corrected chi connectivity index (χ1v) is 12.9. The van der Waals surface area contributed by atoms with Gasteiger partial charge in [0.1, 0.15) is 0 Å². The number of hydrogen-bond acceptors (Lipinski definition) is 3. The number of carbonyl (C=O) groups excluding carboxylic acids is 1. The minimum absolute atomic E-state index is 0.100. The van der Waals surface area contributed by atoms with E-state index in [-0.39, 0.29) is 5.91 Å². The van der Waals surface area contributed by atoms with Crippen LogP contribution in [0, 0.1) is 0 Å². The van der Waals surface area contributed by atoms with E-state index in [1.165, 1.54) is 5.56 Å². The maximum Gasteiger partial charge on any atom is 0.253 e. The number of likely N-dealkylation sites (tertiary alicyclic amines) is 1. The lowest BCUT2D eigenvalue weighted by Gasteiger charge is -2.32. The molecule has 4 nitrogen and oxygen atoms in total. The van der Waals surface area contributed by atoms with Crippen LogP contribution in [0.5, 0.6) is 0 Å². The number of benzene rings is 2. The second-order valence-corrected chi connectivity index (χ2v) is 12.2. The van der Waals surface area contributed by atoms with Crippen LogP contribution in [-0.4, -0.2) is 37.0 Å². The van der Waals surface area contributed by atoms with E-state index in [9.17, 15) is 9.59 Å². The third-order valence-corrected chi connectivity index (χ3v) is 6.52. The lowest BCUT2D eigenvalue weighted by molar-refractivity contribution is 0.0713. The van der Waals surface area contributed by atoms with Gasteiger partial charge in [-0.15, -0.1) is 0 Å². The van der Waals surface area contributed by atoms with Crippen LogP contribution in [-0.2, 0) is 12.6 Å². The molecule has 1 aliphatic rings. The monoisotopic (exact) mass is 382 g/mol. The van der Waals surface area contributed by atoms with Crippen molar-refractivity contribution in [2.45, 2.75) is 44.4 Å². The summed E-state index contributed by atoms with van der Waals surface area (Å²) in [5.74, 6) is 0.594. The number of piperidine rings is 1. The largest absolute Gasteiger partial charge is 0.432 e. The molecule has 0 atom stereocenters. The molecule has 0 radical (unpaired) electrons. The standard InChI is InChI=1S/C22H30N2O2Si/c1-27(2,26)16-18-6-4-8-21(14-18)22(25)24-11-9-19(10-12-24)20-7-3-5-17(13-20)15-23/h3-8,13-14,19,26H,9-12,15-16,23H2,1-2H3. The number of hydrogen-bond donors (Lipinski definition) is 2. The second-order valence-electron chi connectivity index (χ2n) is 8.21. The SMILES string of the molecule is C[Si](C)(O)Cc1cccc(C(=O)N2CCC(c3cccc(CN)c3)CC2)c1. The summed E-state index contributed by atoms with van der Waals surface area (Å²) in [7, 11) is -2.18. The Hall–Kier alpha value is -1.95. The van der Waals surface area contributed by atoms with Crippen molar-refractivity contribution in [3.05, 3.63) is 70.8 Å². The van der Waals surface area contributed by atoms with Gasteiger partial charge in [-0.05, 0) is 66.7 Å². The van der Waals surface area contributed by atoms with Crippen molar-refractivity contribution < 1.29 is 9.59 Å². The smallest absolute Gasteiger partial charge is 0.253 e. The minimum atomic E-state index is -2.18. The van der Waals surface area contributed by atoms with E-state index >= 15 is 0 Å². The molecule has 0 spiro atoms. The maximum atomic E-state index is 12.9. The molecule has 0 aromatic heterocycles. The average Bonchev–Trinajstić information content (AvgIpc) is 2.66. The number of nitrogens with zero attached hydrogens (tertiary/aromatic N) is 1. The highest BCUT2D eigenvalue weighted by atomic mass is 28.4. The van der Waals surface area contributed by atoms with E-state index in [0.29, 0.717) is 18.5 Å². The summed E-state index contributed by atoms with van der Waals surface area (Å²) in [6.45, 7) is 5.97. The van der Waals surface area contributed by atoms with Gasteiger partial charge in [0.25, 0.3) is 5.91 Å². The maximum absolute atomic E-state index is 12.9. The molecule has 3 N–H and O–H groups in total. The van der Waals surface area contributed by atoms with Crippen LogP contribution in [0.4, 0.5) is 0 Å². The van der Waals surface area contributed by atoms with E-state index in [1.807, 2.05) is 42.3 Å². The number of nitrogens with two attached hydrogens (primary N) is 1. The first-order valence-electron chi connectivity index (χ1n) is 9.75. The van der Waals surface area contributed by atoms with Gasteiger partial charge in [-0.3, -0.25) is 4.79 Å². The van der Waals surface area contributed by atoms with Crippen molar-refractivity contribution in [1.82, 2.24) is 4.90 Å². The van der Waals surface area contributed by atoms with Crippen LogP contribution in [0.1, 0.15) is 45.8 Å². The second kappa shape index (κ2) is 8.38. The molecule has 5 heteroatoms. The fourth-order valence-corrected chi connectivity index (χ4v) is 5.11. The molecule has 2 aromatic rings. The highest BCUT2D eigenvalue weighted by molar-refractivity contribution is 6.69. The van der Waals surface area contributed by atoms with Gasteiger partial charge in [0.05, 0.1) is 0 Å². The predicted molar refractivity (Wildman–Crippen MR) is 112 cm³/mol. The Bertz CT molecular complexity index is 793. The number of rotatable bonds is 5. The summed E-state index contributed by atoms with van der Waals surface area (Å²) in [6, 6.07) is 16.9. The van der Waals surface area contributed by atoms with Crippen LogP contribution in [0.15, 0.2) is 48.5 Å². The topological polar surface area (TPSA) is 66.6 Å². The van der Waals surface area contributed by atoms with Crippen LogP contribution >= 0.6 is 0 Å². The van der Waals surface area contributed by atoms with Crippen molar-refractivity contribution in [3.63, 3.8) is 0 Å². The van der Waals surface area contributed by atoms with Crippen molar-refractivity contribution >= 4 is 14.2 Å². The summed E-state index contributed by atoms with van der Waals surface area (Å²) >= 11 is 0. The van der Waals surface area contributed by atoms with E-state index < -0.39 is 8.32 Å². The predicted octanol–water partition coefficient (Wildman–Crippen LogP) is 3.44. The molecule has 0 bridgehead atoms. The Kier molecular flexibility index (Phi) is 6.14. The van der Waals surface area contributed by atoms with Gasteiger partial charge in [-0.1, -0.05) is 36.4 Å². The van der Waals surface area contributed by atoms with Gasteiger partial charge < -0.3 is 15.4 Å². The molecule has 1 fully saturated rings. The lowest BCUT2D eigenvalue weighted by atomic mass is 9.88. The average molecular weight is 383 g/mol. The molecule has 27 heavy (non-hydrogen) atoms. The molecule has 144 valence electrons. The molecular weight excluding hydrogens is 352 g/mol. The normalized spacial score (nSPS) is 15.8.